The minimum atomic E-state index is 0.190. The quantitative estimate of drug-likeness (QED) is 0.755. The first-order valence-corrected chi connectivity index (χ1v) is 7.26. The van der Waals surface area contributed by atoms with Crippen LogP contribution in [-0.2, 0) is 6.54 Å². The maximum absolute atomic E-state index is 12.3. The Morgan fingerprint density at radius 3 is 2.74 bits per heavy atom. The molecule has 0 saturated carbocycles. The third kappa shape index (κ3) is 3.55. The first kappa shape index (κ1) is 14.0. The topological polar surface area (TPSA) is 33.5 Å². The monoisotopic (exact) mass is 277 g/mol. The van der Waals surface area contributed by atoms with E-state index in [4.69, 9.17) is 4.42 Å². The van der Waals surface area contributed by atoms with Crippen LogP contribution in [0.2, 0.25) is 0 Å². The molecule has 4 heteroatoms. The Kier molecular flexibility index (Phi) is 4.56. The van der Waals surface area contributed by atoms with Crippen molar-refractivity contribution < 1.29 is 9.21 Å². The molecular formula is C15H19NO2S. The molecule has 0 aliphatic rings. The highest BCUT2D eigenvalue weighted by Crippen LogP contribution is 2.21. The molecule has 0 spiro atoms. The van der Waals surface area contributed by atoms with Crippen molar-refractivity contribution in [2.75, 3.05) is 13.1 Å². The van der Waals surface area contributed by atoms with Crippen molar-refractivity contribution in [3.63, 3.8) is 0 Å². The molecule has 0 bridgehead atoms. The van der Waals surface area contributed by atoms with Crippen LogP contribution in [-0.4, -0.2) is 23.8 Å². The van der Waals surface area contributed by atoms with Crippen molar-refractivity contribution >= 4 is 17.1 Å². The van der Waals surface area contributed by atoms with Crippen LogP contribution in [0.1, 0.15) is 32.8 Å². The summed E-state index contributed by atoms with van der Waals surface area (Å²) in [7, 11) is 0. The third-order valence-corrected chi connectivity index (χ3v) is 4.08. The van der Waals surface area contributed by atoms with Crippen LogP contribution in [0.15, 0.2) is 28.9 Å². The Morgan fingerprint density at radius 1 is 1.42 bits per heavy atom. The largest absolute Gasteiger partial charge is 0.468 e. The minimum Gasteiger partial charge on any atom is -0.468 e. The smallest absolute Gasteiger partial charge is 0.177 e. The number of hydrogen-bond acceptors (Lipinski definition) is 4. The number of carbonyl (C=O) groups excluding carboxylic acids is 1. The number of furan rings is 1. The van der Waals surface area contributed by atoms with E-state index in [2.05, 4.69) is 11.8 Å². The molecule has 19 heavy (non-hydrogen) atoms. The molecule has 2 heterocycles. The zero-order valence-electron chi connectivity index (χ0n) is 11.6. The van der Waals surface area contributed by atoms with Gasteiger partial charge < -0.3 is 4.42 Å². The molecular weight excluding hydrogens is 258 g/mol. The Labute approximate surface area is 117 Å². The minimum absolute atomic E-state index is 0.190. The van der Waals surface area contributed by atoms with Gasteiger partial charge in [0.2, 0.25) is 0 Å². The van der Waals surface area contributed by atoms with Crippen LogP contribution in [0.25, 0.3) is 0 Å². The molecule has 0 aliphatic heterocycles. The van der Waals surface area contributed by atoms with Crippen LogP contribution < -0.4 is 0 Å². The van der Waals surface area contributed by atoms with E-state index in [9.17, 15) is 4.79 Å². The number of nitrogens with zero attached hydrogens (tertiary/aromatic N) is 1. The fraction of sp³-hybridized carbons (Fsp3) is 0.400. The first-order chi connectivity index (χ1) is 9.10. The lowest BCUT2D eigenvalue weighted by Gasteiger charge is -2.17. The van der Waals surface area contributed by atoms with Gasteiger partial charge in [0.15, 0.2) is 5.78 Å². The summed E-state index contributed by atoms with van der Waals surface area (Å²) in [4.78, 5) is 16.7. The predicted molar refractivity (Wildman–Crippen MR) is 77.8 cm³/mol. The molecule has 0 aliphatic carbocycles. The molecule has 2 rings (SSSR count). The first-order valence-electron chi connectivity index (χ1n) is 6.45. The van der Waals surface area contributed by atoms with Gasteiger partial charge >= 0.3 is 0 Å². The maximum atomic E-state index is 12.3. The Morgan fingerprint density at radius 2 is 2.21 bits per heavy atom. The van der Waals surface area contributed by atoms with Crippen molar-refractivity contribution in [3.8, 4) is 0 Å². The third-order valence-electron chi connectivity index (χ3n) is 3.12. The molecule has 2 aromatic rings. The predicted octanol–water partition coefficient (Wildman–Crippen LogP) is 3.66. The van der Waals surface area contributed by atoms with Crippen LogP contribution >= 0.6 is 11.3 Å². The number of hydrogen-bond donors (Lipinski definition) is 0. The highest BCUT2D eigenvalue weighted by Gasteiger charge is 2.16. The molecule has 0 unspecified atom stereocenters. The molecule has 0 atom stereocenters. The van der Waals surface area contributed by atoms with E-state index in [0.29, 0.717) is 13.1 Å². The van der Waals surface area contributed by atoms with E-state index in [-0.39, 0.29) is 5.78 Å². The van der Waals surface area contributed by atoms with Crippen molar-refractivity contribution in [2.45, 2.75) is 27.3 Å². The number of rotatable bonds is 6. The van der Waals surface area contributed by atoms with E-state index in [1.165, 1.54) is 4.88 Å². The SMILES string of the molecule is CCN(CC(=O)c1cc(C)sc1C)Cc1ccco1. The summed E-state index contributed by atoms with van der Waals surface area (Å²) in [5.41, 5.74) is 0.861. The number of ketones is 1. The summed E-state index contributed by atoms with van der Waals surface area (Å²) in [6.07, 6.45) is 1.66. The van der Waals surface area contributed by atoms with E-state index in [1.807, 2.05) is 32.0 Å². The van der Waals surface area contributed by atoms with Gasteiger partial charge in [0.1, 0.15) is 5.76 Å². The second-order valence-electron chi connectivity index (χ2n) is 4.63. The average molecular weight is 277 g/mol. The average Bonchev–Trinajstić information content (AvgIpc) is 2.98. The molecule has 102 valence electrons. The zero-order valence-corrected chi connectivity index (χ0v) is 12.4. The summed E-state index contributed by atoms with van der Waals surface area (Å²) in [6.45, 7) is 8.05. The second-order valence-corrected chi connectivity index (χ2v) is 6.09. The number of carbonyl (C=O) groups is 1. The Bertz CT molecular complexity index is 543. The van der Waals surface area contributed by atoms with E-state index < -0.39 is 0 Å². The Balaban J connectivity index is 2.02. The van der Waals surface area contributed by atoms with Gasteiger partial charge in [-0.05, 0) is 38.6 Å². The maximum Gasteiger partial charge on any atom is 0.177 e. The van der Waals surface area contributed by atoms with Gasteiger partial charge in [-0.15, -0.1) is 11.3 Å². The summed E-state index contributed by atoms with van der Waals surface area (Å²) in [5, 5.41) is 0. The molecule has 0 N–H and O–H groups in total. The lowest BCUT2D eigenvalue weighted by atomic mass is 10.1. The van der Waals surface area contributed by atoms with Crippen LogP contribution in [0.5, 0.6) is 0 Å². The number of likely N-dealkylation sites (N-methyl/N-ethyl adjacent to an activating group) is 1. The van der Waals surface area contributed by atoms with Crippen LogP contribution in [0.3, 0.4) is 0 Å². The standard InChI is InChI=1S/C15H19NO2S/c1-4-16(9-13-6-5-7-18-13)10-15(17)14-8-11(2)19-12(14)3/h5-8H,4,9-10H2,1-3H3. The van der Waals surface area contributed by atoms with Gasteiger partial charge in [0.25, 0.3) is 0 Å². The van der Waals surface area contributed by atoms with Gasteiger partial charge in [-0.2, -0.15) is 0 Å². The van der Waals surface area contributed by atoms with E-state index in [0.717, 1.165) is 22.7 Å². The molecule has 0 radical (unpaired) electrons. The molecule has 3 nitrogen and oxygen atoms in total. The summed E-state index contributed by atoms with van der Waals surface area (Å²) < 4.78 is 5.33. The lowest BCUT2D eigenvalue weighted by molar-refractivity contribution is 0.0925. The van der Waals surface area contributed by atoms with E-state index >= 15 is 0 Å². The molecule has 0 amide bonds. The van der Waals surface area contributed by atoms with Crippen molar-refractivity contribution in [2.24, 2.45) is 0 Å². The van der Waals surface area contributed by atoms with Gasteiger partial charge in [-0.25, -0.2) is 0 Å². The lowest BCUT2D eigenvalue weighted by Crippen LogP contribution is -2.29. The highest BCUT2D eigenvalue weighted by molar-refractivity contribution is 7.12. The van der Waals surface area contributed by atoms with Gasteiger partial charge in [0, 0.05) is 15.3 Å². The normalized spacial score (nSPS) is 11.2. The fourth-order valence-electron chi connectivity index (χ4n) is 2.10. The van der Waals surface area contributed by atoms with Crippen LogP contribution in [0, 0.1) is 13.8 Å². The van der Waals surface area contributed by atoms with Crippen LogP contribution in [0.4, 0.5) is 0 Å². The van der Waals surface area contributed by atoms with Crippen molar-refractivity contribution in [1.82, 2.24) is 4.90 Å². The summed E-state index contributed by atoms with van der Waals surface area (Å²) in [6, 6.07) is 5.80. The molecule has 0 saturated heterocycles. The summed E-state index contributed by atoms with van der Waals surface area (Å²) >= 11 is 1.68. The number of aryl methyl sites for hydroxylation is 2. The molecule has 0 aromatic carbocycles. The fourth-order valence-corrected chi connectivity index (χ4v) is 3.04. The molecule has 2 aromatic heterocycles. The zero-order chi connectivity index (χ0) is 13.8. The van der Waals surface area contributed by atoms with Gasteiger partial charge in [-0.3, -0.25) is 9.69 Å². The van der Waals surface area contributed by atoms with Gasteiger partial charge in [-0.1, -0.05) is 6.92 Å². The van der Waals surface area contributed by atoms with Crippen molar-refractivity contribution in [3.05, 3.63) is 45.5 Å². The summed E-state index contributed by atoms with van der Waals surface area (Å²) in [5.74, 6) is 1.09. The molecule has 0 fully saturated rings. The number of Topliss-reactive ketones (excluding diaryl/α,β-unsaturated/α-hetero) is 1. The van der Waals surface area contributed by atoms with E-state index in [1.54, 1.807) is 17.6 Å². The Hall–Kier alpha value is -1.39. The van der Waals surface area contributed by atoms with Crippen molar-refractivity contribution in [1.29, 1.82) is 0 Å². The van der Waals surface area contributed by atoms with Gasteiger partial charge in [0.05, 0.1) is 19.4 Å². The number of thiophene rings is 1. The second kappa shape index (κ2) is 6.17. The highest BCUT2D eigenvalue weighted by atomic mass is 32.1.